The van der Waals surface area contributed by atoms with Crippen LogP contribution >= 0.6 is 7.82 Å². The number of hydrogen-bond donors (Lipinski definition) is 3. The lowest BCUT2D eigenvalue weighted by molar-refractivity contribution is 0.289. The number of rotatable bonds is 0. The van der Waals surface area contributed by atoms with Gasteiger partial charge in [-0.1, -0.05) is 30.3 Å². The largest absolute Gasteiger partial charge is 0.584 e. The van der Waals surface area contributed by atoms with Crippen molar-refractivity contribution < 1.29 is 28.7 Å². The van der Waals surface area contributed by atoms with E-state index in [1.54, 1.807) is 50.2 Å². The molecule has 3 aromatic carbocycles. The Morgan fingerprint density at radius 1 is 0.793 bits per heavy atom. The first-order chi connectivity index (χ1) is 13.7. The van der Waals surface area contributed by atoms with Crippen LogP contribution in [0.15, 0.2) is 48.5 Å². The van der Waals surface area contributed by atoms with Crippen LogP contribution in [0, 0.1) is 13.8 Å². The van der Waals surface area contributed by atoms with Crippen molar-refractivity contribution in [2.45, 2.75) is 26.7 Å². The Morgan fingerprint density at radius 2 is 1.34 bits per heavy atom. The topological polar surface area (TPSA) is 96.2 Å². The summed E-state index contributed by atoms with van der Waals surface area (Å²) >= 11 is 0. The van der Waals surface area contributed by atoms with E-state index in [0.717, 1.165) is 11.1 Å². The van der Waals surface area contributed by atoms with E-state index >= 15 is 0 Å². The lowest BCUT2D eigenvalue weighted by Gasteiger charge is -2.20. The second-order valence-corrected chi connectivity index (χ2v) is 8.46. The fraction of sp³-hybridized carbons (Fsp3) is 0.182. The van der Waals surface area contributed by atoms with Crippen LogP contribution in [0.5, 0.6) is 23.0 Å². The number of phenols is 2. The van der Waals surface area contributed by atoms with Gasteiger partial charge in [0.15, 0.2) is 0 Å². The van der Waals surface area contributed by atoms with Crippen molar-refractivity contribution in [1.29, 1.82) is 0 Å². The molecule has 1 aliphatic rings. The average molecular weight is 412 g/mol. The van der Waals surface area contributed by atoms with Gasteiger partial charge in [-0.25, -0.2) is 4.57 Å². The Bertz CT molecular complexity index is 1150. The molecule has 0 saturated heterocycles. The lowest BCUT2D eigenvalue weighted by Crippen LogP contribution is -2.05. The molecule has 1 atom stereocenters. The number of benzene rings is 3. The predicted octanol–water partition coefficient (Wildman–Crippen LogP) is 4.77. The fourth-order valence-electron chi connectivity index (χ4n) is 3.55. The number of phenolic OH excluding ortho intramolecular Hbond substituents is 2. The van der Waals surface area contributed by atoms with Crippen molar-refractivity contribution in [3.8, 4) is 23.0 Å². The van der Waals surface area contributed by atoms with Crippen LogP contribution in [0.1, 0.15) is 33.4 Å². The van der Waals surface area contributed by atoms with Crippen molar-refractivity contribution >= 4 is 7.82 Å². The maximum Gasteiger partial charge on any atom is 0.584 e. The minimum Gasteiger partial charge on any atom is -0.508 e. The zero-order valence-corrected chi connectivity index (χ0v) is 16.9. The summed E-state index contributed by atoms with van der Waals surface area (Å²) < 4.78 is 23.4. The van der Waals surface area contributed by atoms with Gasteiger partial charge in [-0.05, 0) is 59.9 Å². The van der Waals surface area contributed by atoms with Crippen molar-refractivity contribution in [3.05, 3.63) is 81.9 Å². The number of aromatic hydroxyl groups is 2. The molecule has 0 aliphatic carbocycles. The van der Waals surface area contributed by atoms with E-state index in [9.17, 15) is 19.7 Å². The first-order valence-electron chi connectivity index (χ1n) is 9.17. The standard InChI is InChI=1S/C22H21O6P/c1-13-15-5-3-7-20(13)27-29(25,26)28-21-8-4-6-16(14(21)2)12-18-19(23)10-9-17(11-15)22(18)24/h3-10,23-24H,11-12H2,1-2H3,(H,25,26). The molecule has 0 fully saturated rings. The van der Waals surface area contributed by atoms with Crippen LogP contribution in [0.4, 0.5) is 0 Å². The van der Waals surface area contributed by atoms with Crippen LogP contribution in [-0.2, 0) is 17.4 Å². The minimum absolute atomic E-state index is 0.00861. The molecule has 4 rings (SSSR count). The van der Waals surface area contributed by atoms with Gasteiger partial charge in [0.2, 0.25) is 0 Å². The van der Waals surface area contributed by atoms with Gasteiger partial charge in [0, 0.05) is 18.4 Å². The average Bonchev–Trinajstić information content (AvgIpc) is 2.66. The van der Waals surface area contributed by atoms with Gasteiger partial charge in [-0.15, -0.1) is 0 Å². The maximum absolute atomic E-state index is 12.6. The molecule has 0 saturated carbocycles. The third-order valence-electron chi connectivity index (χ3n) is 5.31. The first-order valence-corrected chi connectivity index (χ1v) is 10.7. The van der Waals surface area contributed by atoms with E-state index in [2.05, 4.69) is 0 Å². The van der Waals surface area contributed by atoms with Gasteiger partial charge in [0.05, 0.1) is 0 Å². The van der Waals surface area contributed by atoms with Gasteiger partial charge >= 0.3 is 7.82 Å². The van der Waals surface area contributed by atoms with Crippen molar-refractivity contribution in [3.63, 3.8) is 0 Å². The number of hydrogen-bond acceptors (Lipinski definition) is 5. The van der Waals surface area contributed by atoms with E-state index in [1.165, 1.54) is 0 Å². The third kappa shape index (κ3) is 3.69. The molecule has 6 nitrogen and oxygen atoms in total. The molecule has 29 heavy (non-hydrogen) atoms. The summed E-state index contributed by atoms with van der Waals surface area (Å²) in [6.07, 6.45) is 0.613. The molecular weight excluding hydrogens is 391 g/mol. The van der Waals surface area contributed by atoms with Crippen molar-refractivity contribution in [1.82, 2.24) is 0 Å². The van der Waals surface area contributed by atoms with Crippen LogP contribution in [0.3, 0.4) is 0 Å². The molecule has 0 radical (unpaired) electrons. The van der Waals surface area contributed by atoms with Gasteiger partial charge in [0.1, 0.15) is 23.0 Å². The molecule has 0 amide bonds. The Kier molecular flexibility index (Phi) is 4.77. The smallest absolute Gasteiger partial charge is 0.508 e. The lowest BCUT2D eigenvalue weighted by atomic mass is 9.93. The molecular formula is C22H21O6P. The molecule has 6 bridgehead atoms. The van der Waals surface area contributed by atoms with Crippen LogP contribution in [0.25, 0.3) is 0 Å². The summed E-state index contributed by atoms with van der Waals surface area (Å²) in [5, 5.41) is 21.2. The zero-order valence-electron chi connectivity index (χ0n) is 16.0. The molecule has 0 aromatic heterocycles. The van der Waals surface area contributed by atoms with Crippen LogP contribution < -0.4 is 9.05 Å². The third-order valence-corrected chi connectivity index (χ3v) is 6.16. The molecule has 1 heterocycles. The predicted molar refractivity (Wildman–Crippen MR) is 109 cm³/mol. The quantitative estimate of drug-likeness (QED) is 0.461. The van der Waals surface area contributed by atoms with Crippen molar-refractivity contribution in [2.24, 2.45) is 0 Å². The highest BCUT2D eigenvalue weighted by Crippen LogP contribution is 2.47. The monoisotopic (exact) mass is 412 g/mol. The Morgan fingerprint density at radius 3 is 1.93 bits per heavy atom. The molecule has 3 aromatic rings. The summed E-state index contributed by atoms with van der Waals surface area (Å²) in [6.45, 7) is 3.53. The van der Waals surface area contributed by atoms with Gasteiger partial charge in [-0.2, -0.15) is 0 Å². The normalized spacial score (nSPS) is 18.3. The maximum atomic E-state index is 12.6. The van der Waals surface area contributed by atoms with E-state index in [-0.39, 0.29) is 29.4 Å². The Labute approximate surface area is 168 Å². The van der Waals surface area contributed by atoms with E-state index in [4.69, 9.17) is 9.05 Å². The van der Waals surface area contributed by atoms with E-state index in [0.29, 0.717) is 28.7 Å². The summed E-state index contributed by atoms with van der Waals surface area (Å²) in [7, 11) is -4.43. The highest BCUT2D eigenvalue weighted by molar-refractivity contribution is 7.48. The highest BCUT2D eigenvalue weighted by atomic mass is 31.2. The summed E-state index contributed by atoms with van der Waals surface area (Å²) in [5.74, 6) is 0.462. The summed E-state index contributed by atoms with van der Waals surface area (Å²) in [6, 6.07) is 13.5. The van der Waals surface area contributed by atoms with E-state index in [1.807, 2.05) is 12.1 Å². The minimum atomic E-state index is -4.43. The van der Waals surface area contributed by atoms with Gasteiger partial charge < -0.3 is 19.3 Å². The molecule has 7 heteroatoms. The Balaban J connectivity index is 1.95. The SMILES string of the molecule is Cc1c2cccc1OP(=O)(O)Oc1cccc(c1C)Cc1c(O)ccc(c1O)C2. The number of phosphoric acid groups is 1. The number of fused-ring (bicyclic) bond motifs is 6. The summed E-state index contributed by atoms with van der Waals surface area (Å²) in [4.78, 5) is 10.3. The number of phosphoric ester groups is 1. The van der Waals surface area contributed by atoms with Crippen LogP contribution in [-0.4, -0.2) is 15.1 Å². The molecule has 0 spiro atoms. The fourth-order valence-corrected chi connectivity index (χ4v) is 4.48. The second-order valence-electron chi connectivity index (χ2n) is 7.16. The summed E-state index contributed by atoms with van der Waals surface area (Å²) in [5.41, 5.74) is 3.90. The molecule has 3 N–H and O–H groups in total. The van der Waals surface area contributed by atoms with E-state index < -0.39 is 7.82 Å². The van der Waals surface area contributed by atoms with Crippen molar-refractivity contribution in [2.75, 3.05) is 0 Å². The van der Waals surface area contributed by atoms with Crippen LogP contribution in [0.2, 0.25) is 0 Å². The molecule has 1 aliphatic heterocycles. The first kappa shape index (κ1) is 19.4. The zero-order chi connectivity index (χ0) is 20.8. The van der Waals surface area contributed by atoms with Gasteiger partial charge in [-0.3, -0.25) is 4.89 Å². The van der Waals surface area contributed by atoms with Gasteiger partial charge in [0.25, 0.3) is 0 Å². The molecule has 150 valence electrons. The highest BCUT2D eigenvalue weighted by Gasteiger charge is 2.28. The second kappa shape index (κ2) is 7.14. The molecule has 1 unspecified atom stereocenters. The Hall–Kier alpha value is -2.95.